The highest BCUT2D eigenvalue weighted by Gasteiger charge is 2.32. The number of alkyl halides is 3. The molecule has 0 fully saturated rings. The van der Waals surface area contributed by atoms with E-state index in [0.717, 1.165) is 12.1 Å². The van der Waals surface area contributed by atoms with E-state index in [1.54, 1.807) is 7.85 Å². The van der Waals surface area contributed by atoms with Crippen LogP contribution in [0.1, 0.15) is 0 Å². The first-order valence-corrected chi connectivity index (χ1v) is 3.40. The van der Waals surface area contributed by atoms with Crippen LogP contribution >= 0.6 is 0 Å². The second-order valence-corrected chi connectivity index (χ2v) is 2.48. The molecule has 0 aliphatic carbocycles. The van der Waals surface area contributed by atoms with E-state index >= 15 is 0 Å². The molecule has 1 rings (SSSR count). The van der Waals surface area contributed by atoms with Crippen molar-refractivity contribution in [3.63, 3.8) is 0 Å². The van der Waals surface area contributed by atoms with Crippen LogP contribution in [0.15, 0.2) is 18.2 Å². The Morgan fingerprint density at radius 3 is 2.13 bits per heavy atom. The normalized spacial score (nSPS) is 9.87. The van der Waals surface area contributed by atoms with Gasteiger partial charge in [0.1, 0.15) is 7.85 Å². The summed E-state index contributed by atoms with van der Waals surface area (Å²) in [5, 5.41) is 0. The average molecular weight is 228 g/mol. The molecule has 0 atom stereocenters. The van der Waals surface area contributed by atoms with Crippen LogP contribution in [0.2, 0.25) is 0 Å². The van der Waals surface area contributed by atoms with Gasteiger partial charge in [0.2, 0.25) is 0 Å². The monoisotopic (exact) mass is 228 g/mol. The van der Waals surface area contributed by atoms with Crippen LogP contribution < -0.4 is 10.2 Å². The summed E-state index contributed by atoms with van der Waals surface area (Å²) in [6, 6.07) is 3.28. The molecule has 0 saturated carbocycles. The van der Waals surface area contributed by atoms with Gasteiger partial charge in [-0.1, -0.05) is 11.5 Å². The minimum absolute atomic E-state index is 0. The molecule has 0 bridgehead atoms. The first-order chi connectivity index (χ1) is 5.88. The third kappa shape index (κ3) is 5.23. The lowest BCUT2D eigenvalue weighted by atomic mass is 9.96. The molecule has 0 aliphatic heterocycles. The van der Waals surface area contributed by atoms with E-state index in [1.807, 2.05) is 0 Å². The van der Waals surface area contributed by atoms with Gasteiger partial charge in [-0.15, -0.1) is 13.2 Å². The fourth-order valence-corrected chi connectivity index (χ4v) is 0.813. The molecule has 8 heteroatoms. The van der Waals surface area contributed by atoms with Gasteiger partial charge in [-0.05, 0) is 12.1 Å². The third-order valence-corrected chi connectivity index (χ3v) is 1.31. The number of hydrogen-bond acceptors (Lipinski definition) is 1. The maximum atomic E-state index is 12.7. The molecule has 0 saturated heterocycles. The summed E-state index contributed by atoms with van der Waals surface area (Å²) in [6.07, 6.45) is -4.85. The fraction of sp³-hybridized carbons (Fsp3) is 0.143. The lowest BCUT2D eigenvalue weighted by Gasteiger charge is -2.09. The Kier molecular flexibility index (Phi) is 6.00. The zero-order valence-corrected chi connectivity index (χ0v) is 7.65. The summed E-state index contributed by atoms with van der Waals surface area (Å²) in [7, 11) is 1.54. The smallest absolute Gasteiger partial charge is 0.412 e. The first-order valence-electron chi connectivity index (χ1n) is 3.40. The van der Waals surface area contributed by atoms with Crippen molar-refractivity contribution in [2.75, 3.05) is 0 Å². The molecule has 0 aliphatic rings. The SMILES string of the molecule is Bc1ccc(F)c(OC(F)(F)F)c1.O.O. The molecule has 4 N–H and O–H groups in total. The van der Waals surface area contributed by atoms with Gasteiger partial charge in [-0.3, -0.25) is 0 Å². The van der Waals surface area contributed by atoms with Crippen LogP contribution in [0, 0.1) is 5.82 Å². The van der Waals surface area contributed by atoms with E-state index in [2.05, 4.69) is 4.74 Å². The number of benzene rings is 1. The summed E-state index contributed by atoms with van der Waals surface area (Å²) >= 11 is 0. The summed E-state index contributed by atoms with van der Waals surface area (Å²) in [6.45, 7) is 0. The minimum Gasteiger partial charge on any atom is -0.412 e. The van der Waals surface area contributed by atoms with Gasteiger partial charge in [0.25, 0.3) is 0 Å². The number of hydrogen-bond donors (Lipinski definition) is 0. The van der Waals surface area contributed by atoms with Crippen LogP contribution in [-0.2, 0) is 0 Å². The maximum absolute atomic E-state index is 12.7. The molecule has 1 aromatic rings. The van der Waals surface area contributed by atoms with Crippen molar-refractivity contribution in [1.82, 2.24) is 0 Å². The molecule has 86 valence electrons. The van der Waals surface area contributed by atoms with Crippen molar-refractivity contribution < 1.29 is 33.3 Å². The highest BCUT2D eigenvalue weighted by Crippen LogP contribution is 2.23. The highest BCUT2D eigenvalue weighted by atomic mass is 19.4. The molecular formula is C7H9BF4O3. The predicted molar refractivity (Wildman–Crippen MR) is 48.5 cm³/mol. The molecular weight excluding hydrogens is 219 g/mol. The van der Waals surface area contributed by atoms with Gasteiger partial charge in [0.15, 0.2) is 11.6 Å². The Morgan fingerprint density at radius 2 is 1.67 bits per heavy atom. The van der Waals surface area contributed by atoms with Gasteiger partial charge in [0, 0.05) is 0 Å². The van der Waals surface area contributed by atoms with Gasteiger partial charge >= 0.3 is 6.36 Å². The van der Waals surface area contributed by atoms with Crippen molar-refractivity contribution in [3.8, 4) is 5.75 Å². The Bertz CT molecular complexity index is 316. The minimum atomic E-state index is -4.85. The Labute approximate surface area is 83.7 Å². The molecule has 0 amide bonds. The topological polar surface area (TPSA) is 72.2 Å². The summed E-state index contributed by atoms with van der Waals surface area (Å²) in [5.74, 6) is -1.82. The number of rotatable bonds is 1. The van der Waals surface area contributed by atoms with E-state index in [9.17, 15) is 17.6 Å². The van der Waals surface area contributed by atoms with Gasteiger partial charge < -0.3 is 15.7 Å². The molecule has 0 aromatic heterocycles. The van der Waals surface area contributed by atoms with Crippen LogP contribution in [0.25, 0.3) is 0 Å². The molecule has 0 heterocycles. The zero-order valence-electron chi connectivity index (χ0n) is 7.65. The van der Waals surface area contributed by atoms with Crippen molar-refractivity contribution >= 4 is 13.3 Å². The van der Waals surface area contributed by atoms with Crippen molar-refractivity contribution in [1.29, 1.82) is 0 Å². The average Bonchev–Trinajstić information content (AvgIpc) is 1.94. The van der Waals surface area contributed by atoms with E-state index in [0.29, 0.717) is 5.46 Å². The molecule has 0 spiro atoms. The maximum Gasteiger partial charge on any atom is 0.573 e. The lowest BCUT2D eigenvalue weighted by Crippen LogP contribution is -2.19. The van der Waals surface area contributed by atoms with E-state index in [1.165, 1.54) is 6.07 Å². The molecule has 15 heavy (non-hydrogen) atoms. The zero-order chi connectivity index (χ0) is 10.1. The van der Waals surface area contributed by atoms with Crippen molar-refractivity contribution in [3.05, 3.63) is 24.0 Å². The van der Waals surface area contributed by atoms with Gasteiger partial charge in [-0.25, -0.2) is 4.39 Å². The van der Waals surface area contributed by atoms with Crippen LogP contribution in [0.4, 0.5) is 17.6 Å². The number of halogens is 4. The number of ether oxygens (including phenoxy) is 1. The second-order valence-electron chi connectivity index (χ2n) is 2.48. The lowest BCUT2D eigenvalue weighted by molar-refractivity contribution is -0.275. The highest BCUT2D eigenvalue weighted by molar-refractivity contribution is 6.32. The summed E-state index contributed by atoms with van der Waals surface area (Å²) in [4.78, 5) is 0. The van der Waals surface area contributed by atoms with Crippen molar-refractivity contribution in [2.45, 2.75) is 6.36 Å². The summed E-state index contributed by atoms with van der Waals surface area (Å²) in [5.41, 5.74) is 0.501. The van der Waals surface area contributed by atoms with E-state index < -0.39 is 17.9 Å². The molecule has 1 aromatic carbocycles. The Balaban J connectivity index is 0. The third-order valence-electron chi connectivity index (χ3n) is 1.31. The van der Waals surface area contributed by atoms with Crippen molar-refractivity contribution in [2.24, 2.45) is 0 Å². The second kappa shape index (κ2) is 5.57. The predicted octanol–water partition coefficient (Wildman–Crippen LogP) is -0.667. The fourth-order valence-electron chi connectivity index (χ4n) is 0.813. The van der Waals surface area contributed by atoms with E-state index in [-0.39, 0.29) is 11.0 Å². The van der Waals surface area contributed by atoms with Crippen LogP contribution in [0.5, 0.6) is 5.75 Å². The van der Waals surface area contributed by atoms with Crippen LogP contribution in [0.3, 0.4) is 0 Å². The first kappa shape index (κ1) is 16.2. The van der Waals surface area contributed by atoms with Crippen LogP contribution in [-0.4, -0.2) is 25.2 Å². The van der Waals surface area contributed by atoms with Gasteiger partial charge in [-0.2, -0.15) is 0 Å². The Hall–Kier alpha value is -1.28. The summed E-state index contributed by atoms with van der Waals surface area (Å²) < 4.78 is 51.1. The van der Waals surface area contributed by atoms with E-state index in [4.69, 9.17) is 0 Å². The molecule has 0 unspecified atom stereocenters. The standard InChI is InChI=1S/C7H5BF4O.2H2O/c8-4-1-2-5(9)6(3-4)13-7(10,11)12;;/h1-3H,8H2;2*1H2. The molecule has 3 nitrogen and oxygen atoms in total. The van der Waals surface area contributed by atoms with Gasteiger partial charge in [0.05, 0.1) is 0 Å². The molecule has 0 radical (unpaired) electrons. The Morgan fingerprint density at radius 1 is 1.13 bits per heavy atom. The quantitative estimate of drug-likeness (QED) is 0.464. The largest absolute Gasteiger partial charge is 0.573 e.